The molecule has 1 aromatic carbocycles. The molecule has 162 valence electrons. The summed E-state index contributed by atoms with van der Waals surface area (Å²) in [5.74, 6) is 0.238. The Morgan fingerprint density at radius 1 is 1.32 bits per heavy atom. The van der Waals surface area contributed by atoms with Gasteiger partial charge in [0, 0.05) is 36.3 Å². The van der Waals surface area contributed by atoms with E-state index in [0.717, 1.165) is 29.6 Å². The second-order valence-electron chi connectivity index (χ2n) is 7.65. The van der Waals surface area contributed by atoms with Crippen molar-refractivity contribution < 1.29 is 9.18 Å². The third-order valence-electron chi connectivity index (χ3n) is 5.14. The second kappa shape index (κ2) is 9.30. The summed E-state index contributed by atoms with van der Waals surface area (Å²) in [6, 6.07) is 4.49. The summed E-state index contributed by atoms with van der Waals surface area (Å²) >= 11 is 7.56. The molecule has 0 radical (unpaired) electrons. The van der Waals surface area contributed by atoms with Crippen molar-refractivity contribution in [2.24, 2.45) is 0 Å². The van der Waals surface area contributed by atoms with Gasteiger partial charge in [-0.15, -0.1) is 11.3 Å². The molecule has 4 rings (SSSR count). The molecule has 1 aliphatic heterocycles. The van der Waals surface area contributed by atoms with Crippen LogP contribution in [0.25, 0.3) is 10.2 Å². The Labute approximate surface area is 189 Å². The fourth-order valence-electron chi connectivity index (χ4n) is 3.59. The summed E-state index contributed by atoms with van der Waals surface area (Å²) < 4.78 is 13.5. The number of carbonyl (C=O) groups is 1. The van der Waals surface area contributed by atoms with Crippen LogP contribution in [0.2, 0.25) is 5.02 Å². The van der Waals surface area contributed by atoms with Gasteiger partial charge in [-0.3, -0.25) is 4.79 Å². The number of likely N-dealkylation sites (N-methyl/N-ethyl adjacent to an activating group) is 1. The number of benzene rings is 1. The van der Waals surface area contributed by atoms with E-state index in [-0.39, 0.29) is 10.9 Å². The lowest BCUT2D eigenvalue weighted by atomic mass is 10.1. The molecule has 0 saturated heterocycles. The van der Waals surface area contributed by atoms with Crippen LogP contribution in [-0.4, -0.2) is 59.4 Å². The van der Waals surface area contributed by atoms with Crippen molar-refractivity contribution in [3.8, 4) is 0 Å². The zero-order valence-electron chi connectivity index (χ0n) is 17.4. The molecule has 1 N–H and O–H groups in total. The Hall–Kier alpha value is -2.55. The zero-order chi connectivity index (χ0) is 22.0. The molecule has 0 atom stereocenters. The Balaban J connectivity index is 1.58. The van der Waals surface area contributed by atoms with Crippen LogP contribution in [0.4, 0.5) is 15.9 Å². The molecule has 0 aliphatic carbocycles. The maximum atomic E-state index is 13.5. The third-order valence-corrected chi connectivity index (χ3v) is 6.63. The number of hydrogen-bond donors (Lipinski definition) is 1. The summed E-state index contributed by atoms with van der Waals surface area (Å²) in [6.07, 6.45) is 6.59. The molecule has 2 aromatic heterocycles. The summed E-state index contributed by atoms with van der Waals surface area (Å²) in [5, 5.41) is 4.26. The van der Waals surface area contributed by atoms with Crippen LogP contribution in [0.5, 0.6) is 0 Å². The van der Waals surface area contributed by atoms with Gasteiger partial charge in [-0.05, 0) is 50.7 Å². The number of carbonyl (C=O) groups excluding carboxylic acids is 1. The molecule has 0 saturated carbocycles. The Morgan fingerprint density at radius 3 is 2.90 bits per heavy atom. The molecular weight excluding hydrogens is 437 g/mol. The minimum Gasteiger partial charge on any atom is -0.340 e. The fraction of sp³-hybridized carbons (Fsp3) is 0.318. The van der Waals surface area contributed by atoms with Crippen molar-refractivity contribution in [2.45, 2.75) is 12.8 Å². The molecular formula is C22H23ClFN5OS. The van der Waals surface area contributed by atoms with E-state index in [0.29, 0.717) is 24.6 Å². The first-order valence-corrected chi connectivity index (χ1v) is 11.2. The molecule has 3 heterocycles. The van der Waals surface area contributed by atoms with E-state index in [9.17, 15) is 9.18 Å². The molecule has 0 fully saturated rings. The number of hydrogen-bond acceptors (Lipinski definition) is 6. The van der Waals surface area contributed by atoms with Crippen LogP contribution in [0, 0.1) is 5.82 Å². The van der Waals surface area contributed by atoms with Crippen molar-refractivity contribution in [2.75, 3.05) is 39.0 Å². The SMILES string of the molecule is CN(C)CC=CC(=O)N1CCc2sc3ncnc(Nc4ccc(F)c(Cl)c4)c3c2CC1. The second-order valence-corrected chi connectivity index (χ2v) is 9.14. The van der Waals surface area contributed by atoms with Gasteiger partial charge in [0.1, 0.15) is 22.8 Å². The number of anilines is 2. The first-order chi connectivity index (χ1) is 14.9. The Morgan fingerprint density at radius 2 is 2.13 bits per heavy atom. The highest BCUT2D eigenvalue weighted by Gasteiger charge is 2.23. The van der Waals surface area contributed by atoms with E-state index < -0.39 is 5.82 Å². The third kappa shape index (κ3) is 4.87. The summed E-state index contributed by atoms with van der Waals surface area (Å²) in [7, 11) is 3.94. The lowest BCUT2D eigenvalue weighted by Crippen LogP contribution is -2.32. The van der Waals surface area contributed by atoms with Gasteiger partial charge in [0.15, 0.2) is 0 Å². The first-order valence-electron chi connectivity index (χ1n) is 10.00. The maximum Gasteiger partial charge on any atom is 0.246 e. The summed E-state index contributed by atoms with van der Waals surface area (Å²) in [5.41, 5.74) is 1.83. The number of amides is 1. The van der Waals surface area contributed by atoms with Gasteiger partial charge in [-0.1, -0.05) is 17.7 Å². The molecule has 0 unspecified atom stereocenters. The molecule has 3 aromatic rings. The van der Waals surface area contributed by atoms with E-state index in [2.05, 4.69) is 15.3 Å². The van der Waals surface area contributed by atoms with Gasteiger partial charge in [0.05, 0.1) is 10.4 Å². The summed E-state index contributed by atoms with van der Waals surface area (Å²) in [6.45, 7) is 2.05. The number of rotatable bonds is 5. The topological polar surface area (TPSA) is 61.4 Å². The maximum absolute atomic E-state index is 13.5. The average Bonchev–Trinajstić information content (AvgIpc) is 2.96. The molecule has 0 bridgehead atoms. The van der Waals surface area contributed by atoms with Crippen LogP contribution in [0.1, 0.15) is 10.4 Å². The Bertz CT molecular complexity index is 1150. The van der Waals surface area contributed by atoms with E-state index in [1.165, 1.54) is 28.9 Å². The predicted molar refractivity (Wildman–Crippen MR) is 124 cm³/mol. The van der Waals surface area contributed by atoms with Crippen LogP contribution >= 0.6 is 22.9 Å². The van der Waals surface area contributed by atoms with Crippen LogP contribution in [0.15, 0.2) is 36.7 Å². The highest BCUT2D eigenvalue weighted by Crippen LogP contribution is 2.37. The number of aromatic nitrogens is 2. The Kier molecular flexibility index (Phi) is 6.50. The van der Waals surface area contributed by atoms with Crippen molar-refractivity contribution in [1.82, 2.24) is 19.8 Å². The van der Waals surface area contributed by atoms with E-state index >= 15 is 0 Å². The normalized spacial score (nSPS) is 14.3. The van der Waals surface area contributed by atoms with Crippen LogP contribution < -0.4 is 5.32 Å². The van der Waals surface area contributed by atoms with Crippen LogP contribution in [-0.2, 0) is 17.6 Å². The smallest absolute Gasteiger partial charge is 0.246 e. The molecule has 1 aliphatic rings. The predicted octanol–water partition coefficient (Wildman–Crippen LogP) is 4.27. The highest BCUT2D eigenvalue weighted by atomic mass is 35.5. The number of nitrogens with one attached hydrogen (secondary N) is 1. The standard InChI is InChI=1S/C22H23ClFN5OS/c1-28(2)9-3-4-19(30)29-10-7-15-18(8-11-29)31-22-20(15)21(25-13-26-22)27-14-5-6-17(24)16(23)12-14/h3-6,12-13H,7-11H2,1-2H3,(H,25,26,27). The zero-order valence-corrected chi connectivity index (χ0v) is 18.9. The number of halogens is 2. The van der Waals surface area contributed by atoms with Gasteiger partial charge >= 0.3 is 0 Å². The lowest BCUT2D eigenvalue weighted by molar-refractivity contribution is -0.125. The van der Waals surface area contributed by atoms with Gasteiger partial charge in [0.2, 0.25) is 5.91 Å². The molecule has 6 nitrogen and oxygen atoms in total. The molecule has 9 heteroatoms. The van der Waals surface area contributed by atoms with Crippen molar-refractivity contribution in [3.63, 3.8) is 0 Å². The van der Waals surface area contributed by atoms with Gasteiger partial charge < -0.3 is 15.1 Å². The first kappa shape index (κ1) is 21.7. The number of nitrogens with zero attached hydrogens (tertiary/aromatic N) is 4. The van der Waals surface area contributed by atoms with Crippen molar-refractivity contribution in [3.05, 3.63) is 58.0 Å². The fourth-order valence-corrected chi connectivity index (χ4v) is 4.95. The summed E-state index contributed by atoms with van der Waals surface area (Å²) in [4.78, 5) is 27.5. The number of fused-ring (bicyclic) bond motifs is 3. The monoisotopic (exact) mass is 459 g/mol. The van der Waals surface area contributed by atoms with Crippen molar-refractivity contribution >= 4 is 50.6 Å². The van der Waals surface area contributed by atoms with Gasteiger partial charge in [-0.2, -0.15) is 0 Å². The minimum atomic E-state index is -0.464. The minimum absolute atomic E-state index is 0.0388. The van der Waals surface area contributed by atoms with E-state index in [1.54, 1.807) is 23.5 Å². The largest absolute Gasteiger partial charge is 0.340 e. The average molecular weight is 460 g/mol. The molecule has 1 amide bonds. The van der Waals surface area contributed by atoms with Gasteiger partial charge in [-0.25, -0.2) is 14.4 Å². The lowest BCUT2D eigenvalue weighted by Gasteiger charge is -2.18. The quantitative estimate of drug-likeness (QED) is 0.577. The van der Waals surface area contributed by atoms with Gasteiger partial charge in [0.25, 0.3) is 0 Å². The number of thiophene rings is 1. The van der Waals surface area contributed by atoms with E-state index in [4.69, 9.17) is 11.6 Å². The van der Waals surface area contributed by atoms with Crippen LogP contribution in [0.3, 0.4) is 0 Å². The van der Waals surface area contributed by atoms with Crippen molar-refractivity contribution in [1.29, 1.82) is 0 Å². The highest BCUT2D eigenvalue weighted by molar-refractivity contribution is 7.19. The molecule has 31 heavy (non-hydrogen) atoms. The molecule has 0 spiro atoms. The van der Waals surface area contributed by atoms with E-state index in [1.807, 2.05) is 30.0 Å².